The van der Waals surface area contributed by atoms with Gasteiger partial charge in [0.2, 0.25) is 0 Å². The van der Waals surface area contributed by atoms with E-state index in [9.17, 15) is 5.11 Å². The van der Waals surface area contributed by atoms with Crippen LogP contribution in [0.15, 0.2) is 18.2 Å². The Bertz CT molecular complexity index is 396. The van der Waals surface area contributed by atoms with Gasteiger partial charge in [0.05, 0.1) is 14.2 Å². The number of benzene rings is 1. The third kappa shape index (κ3) is 3.68. The highest BCUT2D eigenvalue weighted by molar-refractivity contribution is 6.88. The van der Waals surface area contributed by atoms with Crippen LogP contribution in [0.2, 0.25) is 19.6 Å². The maximum atomic E-state index is 10.4. The normalized spacial score (nSPS) is 14.8. The number of aryl methyl sites for hydroxylation is 1. The lowest BCUT2D eigenvalue weighted by molar-refractivity contribution is 0.0627. The first-order valence-corrected chi connectivity index (χ1v) is 9.82. The monoisotopic (exact) mass is 250 g/mol. The van der Waals surface area contributed by atoms with Crippen LogP contribution in [0.5, 0.6) is 0 Å². The maximum Gasteiger partial charge on any atom is 0.0838 e. The topological polar surface area (TPSA) is 20.2 Å². The second kappa shape index (κ2) is 4.58. The molecule has 0 bridgehead atoms. The van der Waals surface area contributed by atoms with Gasteiger partial charge in [-0.3, -0.25) is 0 Å². The Morgan fingerprint density at radius 1 is 1.06 bits per heavy atom. The molecular weight excluding hydrogens is 224 g/mol. The van der Waals surface area contributed by atoms with Crippen molar-refractivity contribution in [2.45, 2.75) is 53.4 Å². The Morgan fingerprint density at radius 3 is 2.00 bits per heavy atom. The summed E-state index contributed by atoms with van der Waals surface area (Å²) in [5.74, 6) is 0. The largest absolute Gasteiger partial charge is 0.388 e. The van der Waals surface area contributed by atoms with Crippen LogP contribution in [0, 0.1) is 12.3 Å². The van der Waals surface area contributed by atoms with E-state index in [1.807, 2.05) is 0 Å². The molecule has 1 atom stereocenters. The minimum atomic E-state index is -1.31. The zero-order chi connectivity index (χ0) is 13.4. The lowest BCUT2D eigenvalue weighted by Gasteiger charge is -2.28. The van der Waals surface area contributed by atoms with Crippen molar-refractivity contribution < 1.29 is 5.11 Å². The first-order chi connectivity index (χ1) is 7.51. The molecule has 0 saturated heterocycles. The first kappa shape index (κ1) is 14.5. The predicted molar refractivity (Wildman–Crippen MR) is 78.6 cm³/mol. The van der Waals surface area contributed by atoms with Crippen molar-refractivity contribution in [3.05, 3.63) is 29.3 Å². The van der Waals surface area contributed by atoms with Gasteiger partial charge in [-0.15, -0.1) is 0 Å². The molecule has 0 spiro atoms. The molecule has 1 rings (SSSR count). The van der Waals surface area contributed by atoms with Crippen LogP contribution < -0.4 is 5.19 Å². The molecule has 0 aliphatic carbocycles. The summed E-state index contributed by atoms with van der Waals surface area (Å²) in [4.78, 5) is 0. The minimum Gasteiger partial charge on any atom is -0.388 e. The van der Waals surface area contributed by atoms with E-state index in [0.717, 1.165) is 5.56 Å². The van der Waals surface area contributed by atoms with Crippen molar-refractivity contribution in [1.29, 1.82) is 0 Å². The molecule has 0 saturated carbocycles. The highest BCUT2D eigenvalue weighted by Crippen LogP contribution is 2.32. The molecule has 17 heavy (non-hydrogen) atoms. The number of hydrogen-bond acceptors (Lipinski definition) is 1. The van der Waals surface area contributed by atoms with Crippen molar-refractivity contribution in [2.75, 3.05) is 0 Å². The zero-order valence-corrected chi connectivity index (χ0v) is 13.3. The van der Waals surface area contributed by atoms with Crippen molar-refractivity contribution in [3.63, 3.8) is 0 Å². The highest BCUT2D eigenvalue weighted by Gasteiger charge is 2.26. The number of aliphatic hydroxyl groups excluding tert-OH is 1. The summed E-state index contributed by atoms with van der Waals surface area (Å²) in [7, 11) is -1.31. The Hall–Kier alpha value is -0.603. The smallest absolute Gasteiger partial charge is 0.0838 e. The Balaban J connectivity index is 3.24. The van der Waals surface area contributed by atoms with Crippen LogP contribution in [0.4, 0.5) is 0 Å². The summed E-state index contributed by atoms with van der Waals surface area (Å²) in [6, 6.07) is 6.58. The summed E-state index contributed by atoms with van der Waals surface area (Å²) < 4.78 is 0. The van der Waals surface area contributed by atoms with Gasteiger partial charge in [0.1, 0.15) is 0 Å². The summed E-state index contributed by atoms with van der Waals surface area (Å²) in [5, 5.41) is 11.8. The van der Waals surface area contributed by atoms with Crippen molar-refractivity contribution >= 4 is 13.3 Å². The molecular formula is C15H26OSi. The fourth-order valence-corrected chi connectivity index (χ4v) is 3.16. The maximum absolute atomic E-state index is 10.4. The number of aliphatic hydroxyl groups is 1. The third-order valence-corrected chi connectivity index (χ3v) is 5.12. The van der Waals surface area contributed by atoms with E-state index in [-0.39, 0.29) is 5.41 Å². The number of rotatable bonds is 2. The quantitative estimate of drug-likeness (QED) is 0.795. The first-order valence-electron chi connectivity index (χ1n) is 6.32. The van der Waals surface area contributed by atoms with Gasteiger partial charge in [0.15, 0.2) is 0 Å². The van der Waals surface area contributed by atoms with E-state index in [0.29, 0.717) is 0 Å². The molecule has 96 valence electrons. The van der Waals surface area contributed by atoms with Gasteiger partial charge in [-0.2, -0.15) is 0 Å². The van der Waals surface area contributed by atoms with Gasteiger partial charge in [-0.05, 0) is 17.9 Å². The Labute approximate surface area is 107 Å². The highest BCUT2D eigenvalue weighted by atomic mass is 28.3. The second-order valence-electron chi connectivity index (χ2n) is 7.15. The Morgan fingerprint density at radius 2 is 1.59 bits per heavy atom. The molecule has 1 aromatic rings. The lowest BCUT2D eigenvalue weighted by Crippen LogP contribution is -2.38. The minimum absolute atomic E-state index is 0.107. The molecule has 0 amide bonds. The standard InChI is InChI=1S/C15H26OSi/c1-11-8-12(14(16)15(2,3)4)10-13(9-11)17(5,6)7/h8-10,14,16H,1-7H3. The second-order valence-corrected chi connectivity index (χ2v) is 12.2. The van der Waals surface area contributed by atoms with E-state index < -0.39 is 14.2 Å². The average Bonchev–Trinajstić information content (AvgIpc) is 2.12. The molecule has 0 aliphatic rings. The van der Waals surface area contributed by atoms with Crippen molar-refractivity contribution in [1.82, 2.24) is 0 Å². The molecule has 0 radical (unpaired) electrons. The van der Waals surface area contributed by atoms with Crippen LogP contribution in [0.1, 0.15) is 38.0 Å². The van der Waals surface area contributed by atoms with Gasteiger partial charge in [0, 0.05) is 0 Å². The van der Waals surface area contributed by atoms with E-state index >= 15 is 0 Å². The number of hydrogen-bond donors (Lipinski definition) is 1. The lowest BCUT2D eigenvalue weighted by atomic mass is 9.84. The van der Waals surface area contributed by atoms with Crippen molar-refractivity contribution in [3.8, 4) is 0 Å². The van der Waals surface area contributed by atoms with E-state index in [2.05, 4.69) is 65.5 Å². The predicted octanol–water partition coefficient (Wildman–Crippen LogP) is 3.62. The van der Waals surface area contributed by atoms with Gasteiger partial charge >= 0.3 is 0 Å². The van der Waals surface area contributed by atoms with Gasteiger partial charge in [0.25, 0.3) is 0 Å². The van der Waals surface area contributed by atoms with Crippen LogP contribution in [-0.4, -0.2) is 13.2 Å². The SMILES string of the molecule is Cc1cc(C(O)C(C)(C)C)cc([Si](C)(C)C)c1. The summed E-state index contributed by atoms with van der Waals surface area (Å²) >= 11 is 0. The molecule has 0 heterocycles. The summed E-state index contributed by atoms with van der Waals surface area (Å²) in [6.07, 6.45) is -0.391. The molecule has 1 nitrogen and oxygen atoms in total. The van der Waals surface area contributed by atoms with Crippen LogP contribution in [0.3, 0.4) is 0 Å². The fourth-order valence-electron chi connectivity index (χ4n) is 1.90. The van der Waals surface area contributed by atoms with Gasteiger partial charge in [-0.25, -0.2) is 0 Å². The van der Waals surface area contributed by atoms with Crippen LogP contribution in [-0.2, 0) is 0 Å². The van der Waals surface area contributed by atoms with E-state index in [4.69, 9.17) is 0 Å². The van der Waals surface area contributed by atoms with Crippen LogP contribution >= 0.6 is 0 Å². The Kier molecular flexibility index (Phi) is 3.90. The molecule has 0 fully saturated rings. The van der Waals surface area contributed by atoms with Crippen LogP contribution in [0.25, 0.3) is 0 Å². The van der Waals surface area contributed by atoms with E-state index in [1.165, 1.54) is 10.8 Å². The zero-order valence-electron chi connectivity index (χ0n) is 12.3. The van der Waals surface area contributed by atoms with Gasteiger partial charge < -0.3 is 5.11 Å². The summed E-state index contributed by atoms with van der Waals surface area (Å²) in [6.45, 7) is 15.4. The molecule has 0 aliphatic heterocycles. The van der Waals surface area contributed by atoms with E-state index in [1.54, 1.807) is 0 Å². The fraction of sp³-hybridized carbons (Fsp3) is 0.600. The molecule has 0 aromatic heterocycles. The molecule has 1 aromatic carbocycles. The third-order valence-electron chi connectivity index (χ3n) is 3.10. The molecule has 2 heteroatoms. The van der Waals surface area contributed by atoms with Crippen molar-refractivity contribution in [2.24, 2.45) is 5.41 Å². The molecule has 1 N–H and O–H groups in total. The molecule has 1 unspecified atom stereocenters. The summed E-state index contributed by atoms with van der Waals surface area (Å²) in [5.41, 5.74) is 2.21. The average molecular weight is 250 g/mol. The van der Waals surface area contributed by atoms with Gasteiger partial charge in [-0.1, -0.05) is 69.4 Å².